The van der Waals surface area contributed by atoms with Gasteiger partial charge in [-0.1, -0.05) is 15.9 Å². The summed E-state index contributed by atoms with van der Waals surface area (Å²) in [5, 5.41) is 3.82. The van der Waals surface area contributed by atoms with Gasteiger partial charge < -0.3 is 5.32 Å². The maximum absolute atomic E-state index is 12.0. The molecule has 0 aromatic heterocycles. The first-order chi connectivity index (χ1) is 8.19. The van der Waals surface area contributed by atoms with Crippen molar-refractivity contribution in [1.29, 1.82) is 0 Å². The van der Waals surface area contributed by atoms with Crippen LogP contribution < -0.4 is 5.32 Å². The van der Waals surface area contributed by atoms with Crippen molar-refractivity contribution in [3.05, 3.63) is 34.3 Å². The summed E-state index contributed by atoms with van der Waals surface area (Å²) in [6, 6.07) is 7.84. The third-order valence-electron chi connectivity index (χ3n) is 3.16. The van der Waals surface area contributed by atoms with Crippen molar-refractivity contribution in [2.75, 3.05) is 6.26 Å². The van der Waals surface area contributed by atoms with E-state index < -0.39 is 0 Å². The molecule has 1 amide bonds. The van der Waals surface area contributed by atoms with Crippen molar-refractivity contribution in [3.8, 4) is 0 Å². The lowest BCUT2D eigenvalue weighted by atomic mass is 10.2. The number of hydrogen-bond donors (Lipinski definition) is 1. The van der Waals surface area contributed by atoms with E-state index >= 15 is 0 Å². The number of rotatable bonds is 3. The van der Waals surface area contributed by atoms with Crippen LogP contribution in [0, 0.1) is 0 Å². The maximum atomic E-state index is 12.0. The van der Waals surface area contributed by atoms with E-state index in [4.69, 9.17) is 0 Å². The molecule has 1 aliphatic carbocycles. The highest BCUT2D eigenvalue weighted by Gasteiger charge is 2.25. The molecule has 0 heterocycles. The Bertz CT molecular complexity index is 393. The average Bonchev–Trinajstić information content (AvgIpc) is 2.77. The van der Waals surface area contributed by atoms with Crippen molar-refractivity contribution >= 4 is 33.6 Å². The van der Waals surface area contributed by atoms with Gasteiger partial charge in [-0.05, 0) is 49.8 Å². The minimum absolute atomic E-state index is 0.0456. The number of carbonyl (C=O) groups excluding carboxylic acids is 1. The molecule has 0 radical (unpaired) electrons. The van der Waals surface area contributed by atoms with E-state index in [1.807, 2.05) is 36.0 Å². The van der Waals surface area contributed by atoms with Gasteiger partial charge in [-0.2, -0.15) is 11.8 Å². The summed E-state index contributed by atoms with van der Waals surface area (Å²) in [6.07, 6.45) is 5.56. The van der Waals surface area contributed by atoms with Crippen LogP contribution in [0.1, 0.15) is 29.6 Å². The Morgan fingerprint density at radius 3 is 2.65 bits per heavy atom. The van der Waals surface area contributed by atoms with Crippen LogP contribution in [-0.2, 0) is 0 Å². The molecule has 0 bridgehead atoms. The molecule has 1 fully saturated rings. The van der Waals surface area contributed by atoms with E-state index in [0.29, 0.717) is 11.3 Å². The standard InChI is InChI=1S/C13H16BrNOS/c1-17-12-7-6-11(8-12)15-13(16)9-2-4-10(14)5-3-9/h2-5,11-12H,6-8H2,1H3,(H,15,16). The highest BCUT2D eigenvalue weighted by Crippen LogP contribution is 2.28. The second-order valence-electron chi connectivity index (χ2n) is 4.35. The van der Waals surface area contributed by atoms with Gasteiger partial charge in [-0.25, -0.2) is 0 Å². The second-order valence-corrected chi connectivity index (χ2v) is 6.40. The van der Waals surface area contributed by atoms with E-state index in [1.165, 1.54) is 6.42 Å². The van der Waals surface area contributed by atoms with Gasteiger partial charge in [0.15, 0.2) is 0 Å². The van der Waals surface area contributed by atoms with Crippen LogP contribution in [0.3, 0.4) is 0 Å². The normalized spacial score (nSPS) is 23.6. The summed E-state index contributed by atoms with van der Waals surface area (Å²) < 4.78 is 0.998. The Labute approximate surface area is 115 Å². The smallest absolute Gasteiger partial charge is 0.251 e. The second kappa shape index (κ2) is 5.91. The molecule has 2 unspecified atom stereocenters. The van der Waals surface area contributed by atoms with E-state index in [0.717, 1.165) is 22.9 Å². The van der Waals surface area contributed by atoms with Crippen LogP contribution in [0.5, 0.6) is 0 Å². The summed E-state index contributed by atoms with van der Waals surface area (Å²) in [7, 11) is 0. The zero-order valence-corrected chi connectivity index (χ0v) is 12.2. The molecule has 1 aromatic carbocycles. The zero-order valence-electron chi connectivity index (χ0n) is 9.78. The SMILES string of the molecule is CSC1CCC(NC(=O)c2ccc(Br)cc2)C1. The molecular weight excluding hydrogens is 298 g/mol. The molecule has 1 N–H and O–H groups in total. The first-order valence-electron chi connectivity index (χ1n) is 5.78. The van der Waals surface area contributed by atoms with E-state index in [2.05, 4.69) is 27.5 Å². The maximum Gasteiger partial charge on any atom is 0.251 e. The van der Waals surface area contributed by atoms with E-state index in [9.17, 15) is 4.79 Å². The fraction of sp³-hybridized carbons (Fsp3) is 0.462. The number of thioether (sulfide) groups is 1. The van der Waals surface area contributed by atoms with Crippen molar-refractivity contribution in [2.45, 2.75) is 30.6 Å². The highest BCUT2D eigenvalue weighted by molar-refractivity contribution is 9.10. The highest BCUT2D eigenvalue weighted by atomic mass is 79.9. The first kappa shape index (κ1) is 13.0. The summed E-state index contributed by atoms with van der Waals surface area (Å²) in [4.78, 5) is 12.0. The van der Waals surface area contributed by atoms with Gasteiger partial charge in [0.2, 0.25) is 0 Å². The van der Waals surface area contributed by atoms with Gasteiger partial charge in [0.25, 0.3) is 5.91 Å². The largest absolute Gasteiger partial charge is 0.349 e. The Kier molecular flexibility index (Phi) is 4.51. The molecule has 1 aliphatic rings. The molecule has 0 saturated heterocycles. The van der Waals surface area contributed by atoms with Crippen molar-refractivity contribution in [1.82, 2.24) is 5.32 Å². The predicted octanol–water partition coefficient (Wildman–Crippen LogP) is 3.46. The molecular formula is C13H16BrNOS. The van der Waals surface area contributed by atoms with Crippen LogP contribution in [0.15, 0.2) is 28.7 Å². The van der Waals surface area contributed by atoms with Gasteiger partial charge in [-0.3, -0.25) is 4.79 Å². The van der Waals surface area contributed by atoms with Crippen molar-refractivity contribution in [3.63, 3.8) is 0 Å². The van der Waals surface area contributed by atoms with Crippen LogP contribution in [-0.4, -0.2) is 23.5 Å². The zero-order chi connectivity index (χ0) is 12.3. The lowest BCUT2D eigenvalue weighted by Crippen LogP contribution is -2.33. The minimum atomic E-state index is 0.0456. The van der Waals surface area contributed by atoms with Crippen LogP contribution >= 0.6 is 27.7 Å². The lowest BCUT2D eigenvalue weighted by molar-refractivity contribution is 0.0938. The Hall–Kier alpha value is -0.480. The molecule has 0 spiro atoms. The molecule has 0 aliphatic heterocycles. The molecule has 92 valence electrons. The number of carbonyl (C=O) groups is 1. The Morgan fingerprint density at radius 1 is 1.35 bits per heavy atom. The Morgan fingerprint density at radius 2 is 2.06 bits per heavy atom. The number of hydrogen-bond acceptors (Lipinski definition) is 2. The van der Waals surface area contributed by atoms with Crippen molar-refractivity contribution in [2.24, 2.45) is 0 Å². The van der Waals surface area contributed by atoms with Gasteiger partial charge in [0.1, 0.15) is 0 Å². The molecule has 4 heteroatoms. The van der Waals surface area contributed by atoms with Gasteiger partial charge >= 0.3 is 0 Å². The number of nitrogens with one attached hydrogen (secondary N) is 1. The summed E-state index contributed by atoms with van der Waals surface area (Å²) >= 11 is 5.27. The third kappa shape index (κ3) is 3.49. The van der Waals surface area contributed by atoms with Gasteiger partial charge in [0.05, 0.1) is 0 Å². The predicted molar refractivity (Wildman–Crippen MR) is 76.6 cm³/mol. The van der Waals surface area contributed by atoms with Crippen LogP contribution in [0.25, 0.3) is 0 Å². The molecule has 17 heavy (non-hydrogen) atoms. The van der Waals surface area contributed by atoms with E-state index in [1.54, 1.807) is 0 Å². The Balaban J connectivity index is 1.91. The number of amides is 1. The number of halogens is 1. The fourth-order valence-corrected chi connectivity index (χ4v) is 3.22. The minimum Gasteiger partial charge on any atom is -0.349 e. The average molecular weight is 314 g/mol. The lowest BCUT2D eigenvalue weighted by Gasteiger charge is -2.12. The summed E-state index contributed by atoms with van der Waals surface area (Å²) in [5.74, 6) is 0.0456. The fourth-order valence-electron chi connectivity index (χ4n) is 2.16. The first-order valence-corrected chi connectivity index (χ1v) is 7.86. The molecule has 2 rings (SSSR count). The molecule has 1 saturated carbocycles. The molecule has 2 atom stereocenters. The van der Waals surface area contributed by atoms with Crippen molar-refractivity contribution < 1.29 is 4.79 Å². The van der Waals surface area contributed by atoms with Crippen LogP contribution in [0.2, 0.25) is 0 Å². The molecule has 2 nitrogen and oxygen atoms in total. The van der Waals surface area contributed by atoms with E-state index in [-0.39, 0.29) is 5.91 Å². The summed E-state index contributed by atoms with van der Waals surface area (Å²) in [5.41, 5.74) is 0.737. The monoisotopic (exact) mass is 313 g/mol. The summed E-state index contributed by atoms with van der Waals surface area (Å²) in [6.45, 7) is 0. The van der Waals surface area contributed by atoms with Gasteiger partial charge in [-0.15, -0.1) is 0 Å². The topological polar surface area (TPSA) is 29.1 Å². The third-order valence-corrected chi connectivity index (χ3v) is 4.78. The van der Waals surface area contributed by atoms with Crippen LogP contribution in [0.4, 0.5) is 0 Å². The number of benzene rings is 1. The van der Waals surface area contributed by atoms with Gasteiger partial charge in [0, 0.05) is 21.3 Å². The quantitative estimate of drug-likeness (QED) is 0.926. The molecule has 1 aromatic rings.